The Hall–Kier alpha value is -0.450. The molecule has 3 unspecified atom stereocenters. The number of Topliss-reactive ketones (excluding diaryl/α,β-unsaturated/α-hetero) is 1. The van der Waals surface area contributed by atoms with Gasteiger partial charge in [-0.05, 0) is 87.9 Å². The Morgan fingerprint density at radius 3 is 2.50 bits per heavy atom. The summed E-state index contributed by atoms with van der Waals surface area (Å²) in [4.78, 5) is 12.7. The van der Waals surface area contributed by atoms with Crippen molar-refractivity contribution in [1.29, 1.82) is 0 Å². The Morgan fingerprint density at radius 1 is 1.08 bits per heavy atom. The lowest BCUT2D eigenvalue weighted by Crippen LogP contribution is -2.60. The topological polar surface area (TPSA) is 66.8 Å². The van der Waals surface area contributed by atoms with Crippen molar-refractivity contribution in [3.63, 3.8) is 0 Å². The minimum atomic E-state index is -1.16. The van der Waals surface area contributed by atoms with Crippen molar-refractivity contribution in [2.45, 2.75) is 97.1 Å². The van der Waals surface area contributed by atoms with Gasteiger partial charge >= 0.3 is 0 Å². The van der Waals surface area contributed by atoms with E-state index in [4.69, 9.17) is 4.74 Å². The van der Waals surface area contributed by atoms with Crippen molar-refractivity contribution in [3.8, 4) is 0 Å². The first-order valence-electron chi connectivity index (χ1n) is 10.7. The van der Waals surface area contributed by atoms with Gasteiger partial charge in [-0.15, -0.1) is 0 Å². The van der Waals surface area contributed by atoms with Gasteiger partial charge in [0.25, 0.3) is 0 Å². The summed E-state index contributed by atoms with van der Waals surface area (Å²) in [5.74, 6) is 0.988. The predicted molar refractivity (Wildman–Crippen MR) is 99.3 cm³/mol. The molecule has 0 amide bonds. The number of ether oxygens (including phenoxy) is 1. The molecule has 0 aromatic heterocycles. The fourth-order valence-electron chi connectivity index (χ4n) is 7.44. The fraction of sp³-hybridized carbons (Fsp3) is 0.955. The van der Waals surface area contributed by atoms with E-state index >= 15 is 0 Å². The highest BCUT2D eigenvalue weighted by molar-refractivity contribution is 5.87. The molecule has 0 aromatic rings. The Balaban J connectivity index is 1.72. The molecule has 0 radical (unpaired) electrons. The summed E-state index contributed by atoms with van der Waals surface area (Å²) in [6.07, 6.45) is 7.28. The molecule has 148 valence electrons. The molecule has 0 spiro atoms. The molecule has 0 bridgehead atoms. The van der Waals surface area contributed by atoms with E-state index in [9.17, 15) is 15.0 Å². The van der Waals surface area contributed by atoms with Gasteiger partial charge in [0.05, 0.1) is 12.2 Å². The largest absolute Gasteiger partial charge is 0.393 e. The van der Waals surface area contributed by atoms with Gasteiger partial charge in [0, 0.05) is 11.8 Å². The maximum atomic E-state index is 12.7. The molecule has 26 heavy (non-hydrogen) atoms. The summed E-state index contributed by atoms with van der Waals surface area (Å²) in [5.41, 5.74) is 0.0378. The van der Waals surface area contributed by atoms with Gasteiger partial charge in [0.15, 0.2) is 5.79 Å². The zero-order chi connectivity index (χ0) is 18.9. The summed E-state index contributed by atoms with van der Waals surface area (Å²) in [7, 11) is 0. The molecular formula is C22H36O4. The van der Waals surface area contributed by atoms with Crippen LogP contribution in [0.1, 0.15) is 79.1 Å². The molecule has 4 nitrogen and oxygen atoms in total. The monoisotopic (exact) mass is 364 g/mol. The van der Waals surface area contributed by atoms with E-state index in [2.05, 4.69) is 13.8 Å². The normalized spacial score (nSPS) is 51.5. The Labute approximate surface area is 157 Å². The highest BCUT2D eigenvalue weighted by atomic mass is 16.6. The lowest BCUT2D eigenvalue weighted by Gasteiger charge is -2.62. The first-order valence-corrected chi connectivity index (χ1v) is 10.7. The number of carbonyl (C=O) groups excluding carboxylic acids is 1. The van der Waals surface area contributed by atoms with Gasteiger partial charge in [0.1, 0.15) is 5.78 Å². The Bertz CT molecular complexity index is 581. The third kappa shape index (κ3) is 2.79. The van der Waals surface area contributed by atoms with Crippen LogP contribution in [0.3, 0.4) is 0 Å². The van der Waals surface area contributed by atoms with Crippen LogP contribution in [0, 0.1) is 34.5 Å². The Kier molecular flexibility index (Phi) is 4.38. The van der Waals surface area contributed by atoms with Crippen molar-refractivity contribution in [3.05, 3.63) is 0 Å². The number of aliphatic hydroxyl groups excluding tert-OH is 1. The maximum absolute atomic E-state index is 12.7. The molecule has 0 aromatic carbocycles. The fourth-order valence-corrected chi connectivity index (χ4v) is 7.44. The molecule has 8 atom stereocenters. The minimum Gasteiger partial charge on any atom is -0.393 e. The zero-order valence-electron chi connectivity index (χ0n) is 16.8. The molecule has 4 rings (SSSR count). The number of ketones is 1. The number of carbonyl (C=O) groups is 1. The number of aliphatic hydroxyl groups is 2. The first kappa shape index (κ1) is 18.9. The van der Waals surface area contributed by atoms with E-state index in [1.165, 1.54) is 0 Å². The van der Waals surface area contributed by atoms with Gasteiger partial charge < -0.3 is 14.9 Å². The molecule has 4 aliphatic rings. The Morgan fingerprint density at radius 2 is 1.81 bits per heavy atom. The van der Waals surface area contributed by atoms with Crippen LogP contribution >= 0.6 is 0 Å². The molecular weight excluding hydrogens is 328 g/mol. The van der Waals surface area contributed by atoms with Crippen LogP contribution in [0.5, 0.6) is 0 Å². The molecule has 4 fully saturated rings. The lowest BCUT2D eigenvalue weighted by atomic mass is 9.44. The van der Waals surface area contributed by atoms with E-state index < -0.39 is 5.79 Å². The van der Waals surface area contributed by atoms with E-state index in [1.54, 1.807) is 13.8 Å². The standard InChI is InChI=1S/C22H36O4/c1-20(2,25)26-17-12-13-11-14(23)7-9-21(13,3)16-8-10-22(4)15(19(16)17)5-6-18(22)24/h13-17,19,23,25H,5-12H2,1-4H3/t13?,14-,15?,16?,17-,19-,21-,22-/m0/s1. The second-order valence-electron chi connectivity index (χ2n) is 10.7. The van der Waals surface area contributed by atoms with E-state index in [1.807, 2.05) is 0 Å². The number of hydrogen-bond donors (Lipinski definition) is 2. The minimum absolute atomic E-state index is 0.0149. The third-order valence-corrected chi connectivity index (χ3v) is 8.78. The summed E-state index contributed by atoms with van der Waals surface area (Å²) < 4.78 is 6.23. The molecule has 2 N–H and O–H groups in total. The highest BCUT2D eigenvalue weighted by Gasteiger charge is 2.63. The van der Waals surface area contributed by atoms with Crippen molar-refractivity contribution in [2.24, 2.45) is 34.5 Å². The van der Waals surface area contributed by atoms with Crippen molar-refractivity contribution < 1.29 is 19.7 Å². The van der Waals surface area contributed by atoms with Gasteiger partial charge in [-0.2, -0.15) is 0 Å². The number of fused-ring (bicyclic) bond motifs is 5. The van der Waals surface area contributed by atoms with Crippen molar-refractivity contribution in [1.82, 2.24) is 0 Å². The summed E-state index contributed by atoms with van der Waals surface area (Å²) in [6, 6.07) is 0. The summed E-state index contributed by atoms with van der Waals surface area (Å²) in [5, 5.41) is 20.7. The van der Waals surface area contributed by atoms with Gasteiger partial charge in [-0.3, -0.25) is 4.79 Å². The van der Waals surface area contributed by atoms with Crippen molar-refractivity contribution in [2.75, 3.05) is 0 Å². The van der Waals surface area contributed by atoms with Crippen LogP contribution in [0.25, 0.3) is 0 Å². The SMILES string of the molecule is CC(C)(O)O[C@H]1CC2C[C@@H](O)CC[C@]2(C)C2CC[C@]3(C)C(=O)CCC3[C@@H]21. The molecule has 0 aliphatic heterocycles. The van der Waals surface area contributed by atoms with E-state index in [0.717, 1.165) is 44.9 Å². The predicted octanol–water partition coefficient (Wildman–Crippen LogP) is 3.68. The number of rotatable bonds is 2. The van der Waals surface area contributed by atoms with Crippen LogP contribution < -0.4 is 0 Å². The third-order valence-electron chi connectivity index (χ3n) is 8.78. The molecule has 4 heteroatoms. The maximum Gasteiger partial charge on any atom is 0.160 e. The molecule has 4 saturated carbocycles. The number of hydrogen-bond acceptors (Lipinski definition) is 4. The average molecular weight is 365 g/mol. The van der Waals surface area contributed by atoms with Crippen molar-refractivity contribution >= 4 is 5.78 Å². The smallest absolute Gasteiger partial charge is 0.160 e. The van der Waals surface area contributed by atoms with Gasteiger partial charge in [-0.1, -0.05) is 13.8 Å². The first-order chi connectivity index (χ1) is 12.0. The summed E-state index contributed by atoms with van der Waals surface area (Å²) >= 11 is 0. The molecule has 0 heterocycles. The van der Waals surface area contributed by atoms with Crippen LogP contribution in [0.4, 0.5) is 0 Å². The quantitative estimate of drug-likeness (QED) is 0.734. The van der Waals surface area contributed by atoms with Crippen LogP contribution in [-0.2, 0) is 9.53 Å². The lowest BCUT2D eigenvalue weighted by molar-refractivity contribution is -0.263. The zero-order valence-corrected chi connectivity index (χ0v) is 16.8. The van der Waals surface area contributed by atoms with Crippen LogP contribution in [0.15, 0.2) is 0 Å². The highest BCUT2D eigenvalue weighted by Crippen LogP contribution is 2.66. The van der Waals surface area contributed by atoms with Crippen LogP contribution in [-0.4, -0.2) is 34.0 Å². The van der Waals surface area contributed by atoms with Gasteiger partial charge in [0.2, 0.25) is 0 Å². The van der Waals surface area contributed by atoms with Crippen LogP contribution in [0.2, 0.25) is 0 Å². The van der Waals surface area contributed by atoms with E-state index in [0.29, 0.717) is 35.9 Å². The van der Waals surface area contributed by atoms with E-state index in [-0.39, 0.29) is 23.0 Å². The summed E-state index contributed by atoms with van der Waals surface area (Å²) in [6.45, 7) is 8.05. The molecule has 4 aliphatic carbocycles. The second kappa shape index (κ2) is 6.02. The second-order valence-corrected chi connectivity index (χ2v) is 10.7. The van der Waals surface area contributed by atoms with Gasteiger partial charge in [-0.25, -0.2) is 0 Å². The average Bonchev–Trinajstić information content (AvgIpc) is 2.83. The molecule has 0 saturated heterocycles.